The second-order valence-corrected chi connectivity index (χ2v) is 4.50. The van der Waals surface area contributed by atoms with Gasteiger partial charge in [-0.25, -0.2) is 4.90 Å². The quantitative estimate of drug-likeness (QED) is 0.639. The third kappa shape index (κ3) is 2.20. The third-order valence-corrected chi connectivity index (χ3v) is 3.23. The molecule has 1 aliphatic rings. The van der Waals surface area contributed by atoms with Gasteiger partial charge in [0.05, 0.1) is 16.8 Å². The fraction of sp³-hybridized carbons (Fsp3) is 0.0588. The van der Waals surface area contributed by atoms with Crippen molar-refractivity contribution in [3.05, 3.63) is 65.2 Å². The lowest BCUT2D eigenvalue weighted by molar-refractivity contribution is 0.0926. The molecule has 2 aromatic carbocycles. The summed E-state index contributed by atoms with van der Waals surface area (Å²) in [4.78, 5) is 25.8. The van der Waals surface area contributed by atoms with Gasteiger partial charge in [-0.1, -0.05) is 24.0 Å². The first-order chi connectivity index (χ1) is 10.2. The number of aliphatic hydroxyl groups is 1. The minimum atomic E-state index is -0.315. The molecule has 0 bridgehead atoms. The molecule has 0 spiro atoms. The summed E-state index contributed by atoms with van der Waals surface area (Å²) in [5.74, 6) is 4.68. The first-order valence-corrected chi connectivity index (χ1v) is 6.40. The summed E-state index contributed by atoms with van der Waals surface area (Å²) in [6.07, 6.45) is 0. The Hall–Kier alpha value is -2.90. The Morgan fingerprint density at radius 2 is 1.48 bits per heavy atom. The van der Waals surface area contributed by atoms with Crippen molar-refractivity contribution in [1.29, 1.82) is 0 Å². The van der Waals surface area contributed by atoms with Crippen LogP contribution < -0.4 is 4.90 Å². The Labute approximate surface area is 121 Å². The molecule has 0 aromatic heterocycles. The van der Waals surface area contributed by atoms with E-state index in [0.29, 0.717) is 22.4 Å². The van der Waals surface area contributed by atoms with Gasteiger partial charge in [0.15, 0.2) is 0 Å². The Bertz CT molecular complexity index is 747. The van der Waals surface area contributed by atoms with E-state index in [1.54, 1.807) is 48.5 Å². The average Bonchev–Trinajstić information content (AvgIpc) is 2.78. The van der Waals surface area contributed by atoms with Gasteiger partial charge in [0.1, 0.15) is 6.61 Å². The van der Waals surface area contributed by atoms with Crippen LogP contribution in [0, 0.1) is 11.8 Å². The van der Waals surface area contributed by atoms with Crippen LogP contribution in [-0.4, -0.2) is 23.5 Å². The topological polar surface area (TPSA) is 57.6 Å². The molecule has 1 N–H and O–H groups in total. The van der Waals surface area contributed by atoms with Crippen molar-refractivity contribution in [3.8, 4) is 11.8 Å². The normalized spacial score (nSPS) is 12.9. The molecule has 0 radical (unpaired) electrons. The number of anilines is 1. The van der Waals surface area contributed by atoms with Gasteiger partial charge in [-0.3, -0.25) is 9.59 Å². The van der Waals surface area contributed by atoms with E-state index in [1.807, 2.05) is 0 Å². The van der Waals surface area contributed by atoms with Crippen LogP contribution in [0.4, 0.5) is 5.69 Å². The Morgan fingerprint density at radius 3 is 2.00 bits per heavy atom. The van der Waals surface area contributed by atoms with Gasteiger partial charge in [-0.2, -0.15) is 0 Å². The van der Waals surface area contributed by atoms with E-state index in [4.69, 9.17) is 5.11 Å². The van der Waals surface area contributed by atoms with Gasteiger partial charge in [0.2, 0.25) is 0 Å². The molecule has 21 heavy (non-hydrogen) atoms. The number of carbonyl (C=O) groups excluding carboxylic acids is 2. The molecule has 102 valence electrons. The molecule has 3 rings (SSSR count). The third-order valence-electron chi connectivity index (χ3n) is 3.23. The van der Waals surface area contributed by atoms with E-state index in [0.717, 1.165) is 4.90 Å². The van der Waals surface area contributed by atoms with Crippen LogP contribution in [0.2, 0.25) is 0 Å². The van der Waals surface area contributed by atoms with E-state index in [1.165, 1.54) is 0 Å². The summed E-state index contributed by atoms with van der Waals surface area (Å²) in [7, 11) is 0. The van der Waals surface area contributed by atoms with E-state index >= 15 is 0 Å². The second-order valence-electron chi connectivity index (χ2n) is 4.50. The second kappa shape index (κ2) is 5.23. The predicted octanol–water partition coefficient (Wildman–Crippen LogP) is 1.83. The fourth-order valence-electron chi connectivity index (χ4n) is 2.26. The summed E-state index contributed by atoms with van der Waals surface area (Å²) in [5, 5.41) is 8.65. The summed E-state index contributed by atoms with van der Waals surface area (Å²) in [6, 6.07) is 13.5. The van der Waals surface area contributed by atoms with Gasteiger partial charge in [-0.05, 0) is 36.4 Å². The summed E-state index contributed by atoms with van der Waals surface area (Å²) in [6.45, 7) is -0.208. The molecule has 2 amide bonds. The highest BCUT2D eigenvalue weighted by Crippen LogP contribution is 2.28. The number of benzene rings is 2. The van der Waals surface area contributed by atoms with Gasteiger partial charge >= 0.3 is 0 Å². The summed E-state index contributed by atoms with van der Waals surface area (Å²) >= 11 is 0. The first-order valence-electron chi connectivity index (χ1n) is 6.40. The zero-order valence-electron chi connectivity index (χ0n) is 11.0. The van der Waals surface area contributed by atoms with Crippen molar-refractivity contribution in [1.82, 2.24) is 0 Å². The average molecular weight is 277 g/mol. The molecule has 0 saturated carbocycles. The van der Waals surface area contributed by atoms with E-state index in [-0.39, 0.29) is 18.4 Å². The molecule has 2 aromatic rings. The number of imide groups is 1. The molecule has 0 saturated heterocycles. The van der Waals surface area contributed by atoms with Crippen molar-refractivity contribution < 1.29 is 14.7 Å². The Morgan fingerprint density at radius 1 is 0.905 bits per heavy atom. The standard InChI is InChI=1S/C17H11NO3/c19-11-3-4-12-7-9-13(10-8-12)18-16(20)14-5-1-2-6-15(14)17(18)21/h1-2,5-10,19H,11H2. The highest BCUT2D eigenvalue weighted by molar-refractivity contribution is 6.34. The number of hydrogen-bond acceptors (Lipinski definition) is 3. The summed E-state index contributed by atoms with van der Waals surface area (Å²) in [5.41, 5.74) is 2.07. The van der Waals surface area contributed by atoms with Crippen molar-refractivity contribution in [2.24, 2.45) is 0 Å². The van der Waals surface area contributed by atoms with Crippen molar-refractivity contribution >= 4 is 17.5 Å². The lowest BCUT2D eigenvalue weighted by Gasteiger charge is -2.13. The number of hydrogen-bond donors (Lipinski definition) is 1. The molecule has 0 aliphatic carbocycles. The molecular formula is C17H11NO3. The molecule has 1 heterocycles. The largest absolute Gasteiger partial charge is 0.384 e. The lowest BCUT2D eigenvalue weighted by Crippen LogP contribution is -2.29. The molecule has 0 atom stereocenters. The Kier molecular flexibility index (Phi) is 3.27. The van der Waals surface area contributed by atoms with E-state index in [2.05, 4.69) is 11.8 Å². The maximum atomic E-state index is 12.3. The van der Waals surface area contributed by atoms with E-state index < -0.39 is 0 Å². The maximum absolute atomic E-state index is 12.3. The number of carbonyl (C=O) groups is 2. The number of rotatable bonds is 1. The molecular weight excluding hydrogens is 266 g/mol. The Balaban J connectivity index is 1.96. The van der Waals surface area contributed by atoms with Crippen LogP contribution in [0.25, 0.3) is 0 Å². The maximum Gasteiger partial charge on any atom is 0.266 e. The minimum absolute atomic E-state index is 0.208. The highest BCUT2D eigenvalue weighted by atomic mass is 16.2. The molecule has 0 unspecified atom stereocenters. The van der Waals surface area contributed by atoms with E-state index in [9.17, 15) is 9.59 Å². The number of nitrogens with zero attached hydrogens (tertiary/aromatic N) is 1. The zero-order valence-corrected chi connectivity index (χ0v) is 11.0. The van der Waals surface area contributed by atoms with Gasteiger partial charge < -0.3 is 5.11 Å². The lowest BCUT2D eigenvalue weighted by atomic mass is 10.1. The van der Waals surface area contributed by atoms with Crippen LogP contribution in [0.3, 0.4) is 0 Å². The van der Waals surface area contributed by atoms with Crippen LogP contribution in [0.1, 0.15) is 26.3 Å². The van der Waals surface area contributed by atoms with Crippen LogP contribution in [0.5, 0.6) is 0 Å². The number of aliphatic hydroxyl groups excluding tert-OH is 1. The molecule has 1 aliphatic heterocycles. The van der Waals surface area contributed by atoms with Crippen molar-refractivity contribution in [2.45, 2.75) is 0 Å². The zero-order chi connectivity index (χ0) is 14.8. The van der Waals surface area contributed by atoms with Crippen molar-refractivity contribution in [3.63, 3.8) is 0 Å². The van der Waals surface area contributed by atoms with Crippen LogP contribution >= 0.6 is 0 Å². The first kappa shape index (κ1) is 13.1. The highest BCUT2D eigenvalue weighted by Gasteiger charge is 2.36. The van der Waals surface area contributed by atoms with Crippen LogP contribution in [-0.2, 0) is 0 Å². The minimum Gasteiger partial charge on any atom is -0.384 e. The molecule has 0 fully saturated rings. The van der Waals surface area contributed by atoms with Crippen LogP contribution in [0.15, 0.2) is 48.5 Å². The smallest absolute Gasteiger partial charge is 0.266 e. The molecule has 4 heteroatoms. The van der Waals surface area contributed by atoms with Gasteiger partial charge in [-0.15, -0.1) is 0 Å². The van der Waals surface area contributed by atoms with Gasteiger partial charge in [0.25, 0.3) is 11.8 Å². The fourth-order valence-corrected chi connectivity index (χ4v) is 2.26. The number of fused-ring (bicyclic) bond motifs is 1. The van der Waals surface area contributed by atoms with Gasteiger partial charge in [0, 0.05) is 5.56 Å². The number of amides is 2. The monoisotopic (exact) mass is 277 g/mol. The summed E-state index contributed by atoms with van der Waals surface area (Å²) < 4.78 is 0. The molecule has 4 nitrogen and oxygen atoms in total. The van der Waals surface area contributed by atoms with Crippen molar-refractivity contribution in [2.75, 3.05) is 11.5 Å². The predicted molar refractivity (Wildman–Crippen MR) is 78.0 cm³/mol. The SMILES string of the molecule is O=C1c2ccccc2C(=O)N1c1ccc(C#CCO)cc1.